The van der Waals surface area contributed by atoms with Crippen molar-refractivity contribution in [2.45, 2.75) is 25.0 Å². The number of amides is 1. The van der Waals surface area contributed by atoms with Crippen LogP contribution >= 0.6 is 0 Å². The van der Waals surface area contributed by atoms with Crippen LogP contribution in [0.1, 0.15) is 30.3 Å². The van der Waals surface area contributed by atoms with Crippen LogP contribution in [0.25, 0.3) is 0 Å². The van der Waals surface area contributed by atoms with E-state index < -0.39 is 0 Å². The van der Waals surface area contributed by atoms with Gasteiger partial charge in [0.05, 0.1) is 25.0 Å². The summed E-state index contributed by atoms with van der Waals surface area (Å²) in [6.07, 6.45) is 5.23. The molecule has 1 amide bonds. The minimum absolute atomic E-state index is 0.0227. The quantitative estimate of drug-likeness (QED) is 0.697. The zero-order valence-corrected chi connectivity index (χ0v) is 16.0. The Kier molecular flexibility index (Phi) is 4.54. The maximum Gasteiger partial charge on any atom is 0.246 e. The molecule has 2 N–H and O–H groups in total. The van der Waals surface area contributed by atoms with Crippen LogP contribution < -0.4 is 20.5 Å². The largest absolute Gasteiger partial charge is 0.494 e. The third-order valence-electron chi connectivity index (χ3n) is 5.61. The molecule has 7 heteroatoms. The Morgan fingerprint density at radius 2 is 1.93 bits per heavy atom. The Bertz CT molecular complexity index is 975. The van der Waals surface area contributed by atoms with E-state index in [1.807, 2.05) is 66.6 Å². The van der Waals surface area contributed by atoms with Crippen molar-refractivity contribution in [3.05, 3.63) is 78.5 Å². The van der Waals surface area contributed by atoms with Gasteiger partial charge in [0, 0.05) is 24.0 Å². The number of ether oxygens (including phenoxy) is 1. The molecule has 4 atom stereocenters. The number of nitrogens with one attached hydrogen (secondary N) is 2. The van der Waals surface area contributed by atoms with Crippen LogP contribution in [0.15, 0.2) is 71.6 Å². The van der Waals surface area contributed by atoms with Crippen LogP contribution in [-0.4, -0.2) is 23.5 Å². The third kappa shape index (κ3) is 2.99. The molecule has 0 bridgehead atoms. The van der Waals surface area contributed by atoms with E-state index in [0.717, 1.165) is 22.8 Å². The van der Waals surface area contributed by atoms with Crippen LogP contribution in [0.5, 0.6) is 5.75 Å². The summed E-state index contributed by atoms with van der Waals surface area (Å²) in [5.74, 6) is 1.56. The molecule has 3 aromatic rings. The summed E-state index contributed by atoms with van der Waals surface area (Å²) in [6.45, 7) is 2.55. The minimum atomic E-state index is -0.359. The van der Waals surface area contributed by atoms with Gasteiger partial charge in [-0.2, -0.15) is 0 Å². The number of rotatable bonds is 5. The Hall–Kier alpha value is -3.16. The van der Waals surface area contributed by atoms with E-state index in [1.54, 1.807) is 12.5 Å². The molecular formula is C22H22N4O3. The highest BCUT2D eigenvalue weighted by atomic mass is 16.5. The number of nitrogens with zero attached hydrogens (tertiary/aromatic N) is 2. The van der Waals surface area contributed by atoms with Gasteiger partial charge in [0.15, 0.2) is 0 Å². The lowest BCUT2D eigenvalue weighted by Crippen LogP contribution is -2.41. The molecule has 0 aliphatic carbocycles. The zero-order valence-electron chi connectivity index (χ0n) is 16.0. The highest BCUT2D eigenvalue weighted by Crippen LogP contribution is 2.48. The van der Waals surface area contributed by atoms with E-state index in [2.05, 4.69) is 15.8 Å². The number of anilines is 1. The maximum atomic E-state index is 13.4. The van der Waals surface area contributed by atoms with Gasteiger partial charge in [-0.25, -0.2) is 10.9 Å². The van der Waals surface area contributed by atoms with Crippen LogP contribution in [-0.2, 0) is 4.79 Å². The summed E-state index contributed by atoms with van der Waals surface area (Å²) in [5, 5.41) is 0. The van der Waals surface area contributed by atoms with Crippen molar-refractivity contribution < 1.29 is 13.9 Å². The number of fused-ring (bicyclic) bond motifs is 1. The van der Waals surface area contributed by atoms with Gasteiger partial charge in [0.2, 0.25) is 5.91 Å². The molecule has 148 valence electrons. The number of carbonyl (C=O) groups excluding carboxylic acids is 1. The van der Waals surface area contributed by atoms with Crippen molar-refractivity contribution in [3.8, 4) is 5.75 Å². The molecule has 4 unspecified atom stereocenters. The normalized spacial score (nSPS) is 26.0. The smallest absolute Gasteiger partial charge is 0.246 e. The van der Waals surface area contributed by atoms with E-state index in [-0.39, 0.29) is 30.0 Å². The number of carbonyl (C=O) groups is 1. The fourth-order valence-corrected chi connectivity index (χ4v) is 4.42. The molecular weight excluding hydrogens is 368 g/mol. The number of benzene rings is 1. The lowest BCUT2D eigenvalue weighted by Gasteiger charge is -2.30. The lowest BCUT2D eigenvalue weighted by molar-refractivity contribution is -0.119. The van der Waals surface area contributed by atoms with Crippen LogP contribution in [0.4, 0.5) is 5.69 Å². The fraction of sp³-hybridized carbons (Fsp3) is 0.273. The van der Waals surface area contributed by atoms with E-state index >= 15 is 0 Å². The number of hydrogen-bond donors (Lipinski definition) is 2. The summed E-state index contributed by atoms with van der Waals surface area (Å²) in [7, 11) is 0. The molecule has 0 saturated carbocycles. The van der Waals surface area contributed by atoms with Gasteiger partial charge in [-0.05, 0) is 55.0 Å². The molecule has 2 aromatic heterocycles. The van der Waals surface area contributed by atoms with Gasteiger partial charge >= 0.3 is 0 Å². The summed E-state index contributed by atoms with van der Waals surface area (Å²) < 4.78 is 11.2. The van der Waals surface area contributed by atoms with Gasteiger partial charge in [-0.3, -0.25) is 9.78 Å². The van der Waals surface area contributed by atoms with Gasteiger partial charge in [-0.1, -0.05) is 6.07 Å². The van der Waals surface area contributed by atoms with Crippen LogP contribution in [0, 0.1) is 5.92 Å². The van der Waals surface area contributed by atoms with E-state index in [1.165, 1.54) is 0 Å². The maximum absolute atomic E-state index is 13.4. The predicted octanol–water partition coefficient (Wildman–Crippen LogP) is 3.00. The Morgan fingerprint density at radius 1 is 1.10 bits per heavy atom. The van der Waals surface area contributed by atoms with Gasteiger partial charge in [0.1, 0.15) is 17.6 Å². The number of hydrazine groups is 1. The molecule has 2 aliphatic rings. The molecule has 2 fully saturated rings. The predicted molar refractivity (Wildman–Crippen MR) is 107 cm³/mol. The molecule has 0 spiro atoms. The molecule has 0 radical (unpaired) electrons. The molecule has 5 rings (SSSR count). The highest BCUT2D eigenvalue weighted by Gasteiger charge is 2.56. The lowest BCUT2D eigenvalue weighted by atomic mass is 9.86. The molecule has 29 heavy (non-hydrogen) atoms. The monoisotopic (exact) mass is 390 g/mol. The van der Waals surface area contributed by atoms with Crippen molar-refractivity contribution in [2.24, 2.45) is 5.92 Å². The molecule has 2 aliphatic heterocycles. The first kappa shape index (κ1) is 17.9. The van der Waals surface area contributed by atoms with Crippen molar-refractivity contribution in [3.63, 3.8) is 0 Å². The summed E-state index contributed by atoms with van der Waals surface area (Å²) >= 11 is 0. The molecule has 7 nitrogen and oxygen atoms in total. The Balaban J connectivity index is 1.58. The zero-order chi connectivity index (χ0) is 19.8. The average molecular weight is 390 g/mol. The summed E-state index contributed by atoms with van der Waals surface area (Å²) in [6, 6.07) is 14.7. The van der Waals surface area contributed by atoms with Crippen LogP contribution in [0.3, 0.4) is 0 Å². The first-order valence-corrected chi connectivity index (χ1v) is 9.78. The fourth-order valence-electron chi connectivity index (χ4n) is 4.42. The Morgan fingerprint density at radius 3 is 2.62 bits per heavy atom. The molecule has 4 heterocycles. The highest BCUT2D eigenvalue weighted by molar-refractivity contribution is 6.01. The average Bonchev–Trinajstić information content (AvgIpc) is 3.47. The van der Waals surface area contributed by atoms with Crippen molar-refractivity contribution >= 4 is 11.6 Å². The van der Waals surface area contributed by atoms with Crippen molar-refractivity contribution in [2.75, 3.05) is 11.5 Å². The first-order valence-electron chi connectivity index (χ1n) is 9.78. The topological polar surface area (TPSA) is 79.6 Å². The number of pyridine rings is 1. The van der Waals surface area contributed by atoms with Crippen molar-refractivity contribution in [1.82, 2.24) is 15.8 Å². The second-order valence-corrected chi connectivity index (χ2v) is 7.20. The second kappa shape index (κ2) is 7.35. The minimum Gasteiger partial charge on any atom is -0.494 e. The Labute approximate surface area is 168 Å². The van der Waals surface area contributed by atoms with E-state index in [4.69, 9.17) is 9.15 Å². The number of furan rings is 1. The molecule has 1 aromatic carbocycles. The number of hydrogen-bond acceptors (Lipinski definition) is 6. The summed E-state index contributed by atoms with van der Waals surface area (Å²) in [4.78, 5) is 19.6. The number of aromatic nitrogens is 1. The third-order valence-corrected chi connectivity index (χ3v) is 5.61. The standard InChI is InChI=1S/C22H22N4O3/c1-2-28-16-9-7-15(8-10-16)26-21(14-5-3-11-23-13-14)18-19(17-6-4-12-29-17)24-25-20(18)22(26)27/h3-13,18-21,24-25H,2H2,1H3. The van der Waals surface area contributed by atoms with E-state index in [0.29, 0.717) is 6.61 Å². The van der Waals surface area contributed by atoms with Gasteiger partial charge < -0.3 is 14.1 Å². The summed E-state index contributed by atoms with van der Waals surface area (Å²) in [5.41, 5.74) is 8.27. The second-order valence-electron chi connectivity index (χ2n) is 7.20. The van der Waals surface area contributed by atoms with Gasteiger partial charge in [0.25, 0.3) is 0 Å². The van der Waals surface area contributed by atoms with E-state index in [9.17, 15) is 4.79 Å². The SMILES string of the molecule is CCOc1ccc(N2C(=O)C3NNC(c4ccco4)C3C2c2cccnc2)cc1. The van der Waals surface area contributed by atoms with Gasteiger partial charge in [-0.15, -0.1) is 0 Å². The van der Waals surface area contributed by atoms with Crippen LogP contribution in [0.2, 0.25) is 0 Å². The first-order chi connectivity index (χ1) is 14.3. The van der Waals surface area contributed by atoms with Crippen molar-refractivity contribution in [1.29, 1.82) is 0 Å². The molecule has 2 saturated heterocycles.